The average molecular weight is 659 g/mol. The number of benzene rings is 7. The molecule has 0 atom stereocenters. The smallest absolute Gasteiger partial charge is 0.152 e. The standard InChI is InChI=1S/C48H38N2O/c1-47(2)37-17-9-8-16-35(37)36-27-26-34(30-39(36)47)49(33-24-22-32(23-25-33)31-14-6-5-7-15-31)42-28-29-44-46-45(42)48(3,4)38-18-10-11-19-40(38)50(46)41-20-12-13-21-43(41)51-44/h5-30H,1-4H3. The number of para-hydroxylation sites is 3. The van der Waals surface area contributed by atoms with Crippen molar-refractivity contribution in [3.8, 4) is 33.8 Å². The van der Waals surface area contributed by atoms with E-state index < -0.39 is 0 Å². The van der Waals surface area contributed by atoms with Crippen LogP contribution in [0.15, 0.2) is 158 Å². The van der Waals surface area contributed by atoms with Crippen LogP contribution in [0.1, 0.15) is 49.9 Å². The van der Waals surface area contributed by atoms with Gasteiger partial charge in [-0.15, -0.1) is 0 Å². The van der Waals surface area contributed by atoms with Gasteiger partial charge in [-0.3, -0.25) is 0 Å². The number of fused-ring (bicyclic) bond motifs is 7. The van der Waals surface area contributed by atoms with Gasteiger partial charge >= 0.3 is 0 Å². The maximum absolute atomic E-state index is 6.71. The van der Waals surface area contributed by atoms with Crippen molar-refractivity contribution in [2.45, 2.75) is 38.5 Å². The first-order valence-electron chi connectivity index (χ1n) is 17.9. The van der Waals surface area contributed by atoms with Crippen molar-refractivity contribution in [3.63, 3.8) is 0 Å². The van der Waals surface area contributed by atoms with Gasteiger partial charge in [-0.1, -0.05) is 131 Å². The molecule has 3 nitrogen and oxygen atoms in total. The SMILES string of the molecule is CC1(C)c2ccccc2-c2ccc(N(c3ccc(-c4ccccc4)cc3)c3ccc4c5c3C(C)(C)c3ccccc3N5c3ccccc3O4)cc21. The van der Waals surface area contributed by atoms with Crippen molar-refractivity contribution in [2.75, 3.05) is 9.80 Å². The van der Waals surface area contributed by atoms with Crippen LogP contribution in [-0.4, -0.2) is 0 Å². The molecule has 10 rings (SSSR count). The highest BCUT2D eigenvalue weighted by molar-refractivity contribution is 5.98. The number of nitrogens with zero attached hydrogens (tertiary/aromatic N) is 2. The van der Waals surface area contributed by atoms with Crippen molar-refractivity contribution >= 4 is 34.1 Å². The fourth-order valence-electron chi connectivity index (χ4n) is 8.91. The van der Waals surface area contributed by atoms with Gasteiger partial charge in [0, 0.05) is 27.8 Å². The molecule has 0 spiro atoms. The minimum atomic E-state index is -0.335. The fraction of sp³-hybridized carbons (Fsp3) is 0.125. The lowest BCUT2D eigenvalue weighted by molar-refractivity contribution is 0.471. The normalized spacial score (nSPS) is 15.1. The van der Waals surface area contributed by atoms with Gasteiger partial charge in [0.05, 0.1) is 22.7 Å². The molecule has 0 saturated heterocycles. The van der Waals surface area contributed by atoms with Gasteiger partial charge in [0.25, 0.3) is 0 Å². The highest BCUT2D eigenvalue weighted by Crippen LogP contribution is 2.63. The molecule has 0 radical (unpaired) electrons. The first-order valence-corrected chi connectivity index (χ1v) is 17.9. The van der Waals surface area contributed by atoms with Gasteiger partial charge < -0.3 is 14.5 Å². The summed E-state index contributed by atoms with van der Waals surface area (Å²) in [6, 6.07) is 57.3. The summed E-state index contributed by atoms with van der Waals surface area (Å²) < 4.78 is 6.71. The molecule has 0 aromatic heterocycles. The maximum atomic E-state index is 6.71. The number of ether oxygens (including phenoxy) is 1. The van der Waals surface area contributed by atoms with Crippen molar-refractivity contribution < 1.29 is 4.74 Å². The Labute approximate surface area is 300 Å². The first kappa shape index (κ1) is 29.8. The zero-order chi connectivity index (χ0) is 34.5. The second-order valence-corrected chi connectivity index (χ2v) is 15.0. The third-order valence-electron chi connectivity index (χ3n) is 11.4. The van der Waals surface area contributed by atoms with Crippen molar-refractivity contribution in [1.29, 1.82) is 0 Å². The Morgan fingerprint density at radius 3 is 1.90 bits per heavy atom. The van der Waals surface area contributed by atoms with E-state index in [1.54, 1.807) is 0 Å². The van der Waals surface area contributed by atoms with Crippen LogP contribution in [0, 0.1) is 0 Å². The van der Waals surface area contributed by atoms with E-state index in [1.807, 2.05) is 6.07 Å². The third kappa shape index (κ3) is 4.24. The molecule has 0 amide bonds. The number of hydrogen-bond acceptors (Lipinski definition) is 3. The van der Waals surface area contributed by atoms with Gasteiger partial charge in [0.2, 0.25) is 0 Å². The Kier molecular flexibility index (Phi) is 6.27. The molecule has 3 aliphatic rings. The molecule has 0 bridgehead atoms. The Hall–Kier alpha value is -6.06. The van der Waals surface area contributed by atoms with E-state index in [1.165, 1.54) is 50.2 Å². The molecule has 7 aromatic carbocycles. The molecule has 7 aromatic rings. The molecule has 1 aliphatic carbocycles. The van der Waals surface area contributed by atoms with Crippen LogP contribution in [0.3, 0.4) is 0 Å². The van der Waals surface area contributed by atoms with Crippen LogP contribution in [0.2, 0.25) is 0 Å². The van der Waals surface area contributed by atoms with E-state index in [4.69, 9.17) is 4.74 Å². The van der Waals surface area contributed by atoms with Gasteiger partial charge in [-0.2, -0.15) is 0 Å². The van der Waals surface area contributed by atoms with Crippen LogP contribution >= 0.6 is 0 Å². The Morgan fingerprint density at radius 1 is 0.471 bits per heavy atom. The molecule has 3 heteroatoms. The summed E-state index contributed by atoms with van der Waals surface area (Å²) in [5, 5.41) is 0. The monoisotopic (exact) mass is 658 g/mol. The number of hydrogen-bond donors (Lipinski definition) is 0. The lowest BCUT2D eigenvalue weighted by Gasteiger charge is -2.46. The Morgan fingerprint density at radius 2 is 1.10 bits per heavy atom. The summed E-state index contributed by atoms with van der Waals surface area (Å²) in [7, 11) is 0. The highest BCUT2D eigenvalue weighted by Gasteiger charge is 2.44. The van der Waals surface area contributed by atoms with Crippen molar-refractivity contribution in [1.82, 2.24) is 0 Å². The molecule has 2 heterocycles. The largest absolute Gasteiger partial charge is 0.453 e. The lowest BCUT2D eigenvalue weighted by Crippen LogP contribution is -2.34. The van der Waals surface area contributed by atoms with Gasteiger partial charge in [0.15, 0.2) is 11.5 Å². The Bertz CT molecular complexity index is 2510. The molecule has 0 saturated carbocycles. The van der Waals surface area contributed by atoms with Crippen LogP contribution in [0.4, 0.5) is 34.1 Å². The van der Waals surface area contributed by atoms with Gasteiger partial charge in [-0.25, -0.2) is 0 Å². The first-order chi connectivity index (χ1) is 24.8. The van der Waals surface area contributed by atoms with Crippen LogP contribution in [-0.2, 0) is 10.8 Å². The Balaban J connectivity index is 1.23. The third-order valence-corrected chi connectivity index (χ3v) is 11.4. The van der Waals surface area contributed by atoms with E-state index in [0.29, 0.717) is 0 Å². The predicted molar refractivity (Wildman–Crippen MR) is 211 cm³/mol. The molecule has 2 aliphatic heterocycles. The molecule has 0 fully saturated rings. The lowest BCUT2D eigenvalue weighted by atomic mass is 9.72. The van der Waals surface area contributed by atoms with E-state index in [2.05, 4.69) is 189 Å². The zero-order valence-corrected chi connectivity index (χ0v) is 29.3. The molecular weight excluding hydrogens is 621 g/mol. The minimum Gasteiger partial charge on any atom is -0.453 e. The number of rotatable bonds is 4. The summed E-state index contributed by atoms with van der Waals surface area (Å²) in [5.74, 6) is 1.74. The molecule has 0 unspecified atom stereocenters. The molecule has 51 heavy (non-hydrogen) atoms. The van der Waals surface area contributed by atoms with Crippen molar-refractivity contribution in [2.24, 2.45) is 0 Å². The fourth-order valence-corrected chi connectivity index (χ4v) is 8.91. The second-order valence-electron chi connectivity index (χ2n) is 15.0. The summed E-state index contributed by atoms with van der Waals surface area (Å²) in [6.07, 6.45) is 0. The summed E-state index contributed by atoms with van der Waals surface area (Å²) in [6.45, 7) is 9.44. The van der Waals surface area contributed by atoms with Crippen LogP contribution in [0.25, 0.3) is 22.3 Å². The quantitative estimate of drug-likeness (QED) is 0.187. The van der Waals surface area contributed by atoms with Crippen molar-refractivity contribution in [3.05, 3.63) is 180 Å². The molecule has 246 valence electrons. The summed E-state index contributed by atoms with van der Waals surface area (Å²) in [4.78, 5) is 4.89. The molecular formula is C48H38N2O. The molecule has 0 N–H and O–H groups in total. The summed E-state index contributed by atoms with van der Waals surface area (Å²) in [5.41, 5.74) is 16.6. The second kappa shape index (κ2) is 10.7. The highest BCUT2D eigenvalue weighted by atomic mass is 16.5. The number of anilines is 6. The van der Waals surface area contributed by atoms with Gasteiger partial charge in [0.1, 0.15) is 0 Å². The predicted octanol–water partition coefficient (Wildman–Crippen LogP) is 13.3. The summed E-state index contributed by atoms with van der Waals surface area (Å²) >= 11 is 0. The van der Waals surface area contributed by atoms with E-state index in [0.717, 1.165) is 39.9 Å². The topological polar surface area (TPSA) is 15.7 Å². The zero-order valence-electron chi connectivity index (χ0n) is 29.3. The van der Waals surface area contributed by atoms with Gasteiger partial charge in [-0.05, 0) is 93.5 Å². The van der Waals surface area contributed by atoms with E-state index >= 15 is 0 Å². The van der Waals surface area contributed by atoms with E-state index in [9.17, 15) is 0 Å². The maximum Gasteiger partial charge on any atom is 0.152 e. The average Bonchev–Trinajstić information content (AvgIpc) is 3.39. The van der Waals surface area contributed by atoms with E-state index in [-0.39, 0.29) is 10.8 Å². The minimum absolute atomic E-state index is 0.124. The van der Waals surface area contributed by atoms with Crippen LogP contribution in [0.5, 0.6) is 11.5 Å². The van der Waals surface area contributed by atoms with Crippen LogP contribution < -0.4 is 14.5 Å².